The van der Waals surface area contributed by atoms with Crippen molar-refractivity contribution in [2.24, 2.45) is 5.92 Å². The lowest BCUT2D eigenvalue weighted by Crippen LogP contribution is -2.46. The van der Waals surface area contributed by atoms with E-state index in [1.165, 1.54) is 84.3 Å². The zero-order valence-electron chi connectivity index (χ0n) is 13.7. The fourth-order valence-corrected chi connectivity index (χ4v) is 4.10. The predicted molar refractivity (Wildman–Crippen MR) is 86.7 cm³/mol. The van der Waals surface area contributed by atoms with E-state index in [9.17, 15) is 0 Å². The van der Waals surface area contributed by atoms with Gasteiger partial charge in [0.2, 0.25) is 0 Å². The van der Waals surface area contributed by atoms with Crippen LogP contribution in [0.2, 0.25) is 0 Å². The Hall–Kier alpha value is -0.160. The van der Waals surface area contributed by atoms with Gasteiger partial charge in [-0.3, -0.25) is 0 Å². The smallest absolute Gasteiger partial charge is 0.0603 e. The number of ether oxygens (including phenoxy) is 1. The maximum atomic E-state index is 6.37. The number of hydrogen-bond acceptors (Lipinski definition) is 4. The number of hydrogen-bond donors (Lipinski definition) is 1. The van der Waals surface area contributed by atoms with Gasteiger partial charge in [0.25, 0.3) is 0 Å². The number of rotatable bonds is 4. The molecule has 3 aliphatic rings. The fraction of sp³-hybridized carbons (Fsp3) is 1.00. The molecule has 0 aromatic carbocycles. The van der Waals surface area contributed by atoms with Gasteiger partial charge in [0.15, 0.2) is 0 Å². The van der Waals surface area contributed by atoms with Crippen LogP contribution in [0.4, 0.5) is 0 Å². The van der Waals surface area contributed by atoms with Crippen molar-refractivity contribution in [2.75, 3.05) is 52.9 Å². The molecule has 1 aliphatic carbocycles. The molecule has 2 heterocycles. The normalized spacial score (nSPS) is 34.1. The summed E-state index contributed by atoms with van der Waals surface area (Å²) < 4.78 is 6.37. The molecule has 21 heavy (non-hydrogen) atoms. The van der Waals surface area contributed by atoms with Crippen LogP contribution in [0.15, 0.2) is 0 Å². The highest BCUT2D eigenvalue weighted by Crippen LogP contribution is 2.29. The zero-order valence-corrected chi connectivity index (χ0v) is 13.7. The molecule has 0 spiro atoms. The third kappa shape index (κ3) is 4.92. The van der Waals surface area contributed by atoms with Crippen LogP contribution in [0.1, 0.15) is 38.5 Å². The second-order valence-corrected chi connectivity index (χ2v) is 7.33. The molecule has 122 valence electrons. The van der Waals surface area contributed by atoms with Gasteiger partial charge in [-0.25, -0.2) is 0 Å². The number of piperidine rings is 1. The van der Waals surface area contributed by atoms with Gasteiger partial charge in [-0.15, -0.1) is 0 Å². The molecule has 0 amide bonds. The molecule has 1 N–H and O–H groups in total. The van der Waals surface area contributed by atoms with E-state index < -0.39 is 0 Å². The Morgan fingerprint density at radius 3 is 2.14 bits per heavy atom. The van der Waals surface area contributed by atoms with Gasteiger partial charge >= 0.3 is 0 Å². The summed E-state index contributed by atoms with van der Waals surface area (Å²) in [4.78, 5) is 5.07. The maximum Gasteiger partial charge on any atom is 0.0603 e. The average Bonchev–Trinajstić information content (AvgIpc) is 2.53. The first kappa shape index (κ1) is 15.7. The van der Waals surface area contributed by atoms with E-state index in [1.807, 2.05) is 0 Å². The first-order valence-corrected chi connectivity index (χ1v) is 9.06. The average molecular weight is 295 g/mol. The predicted octanol–water partition coefficient (Wildman–Crippen LogP) is 1.56. The Kier molecular flexibility index (Phi) is 5.92. The summed E-state index contributed by atoms with van der Waals surface area (Å²) in [6.45, 7) is 8.58. The van der Waals surface area contributed by atoms with Crippen molar-refractivity contribution in [3.05, 3.63) is 0 Å². The van der Waals surface area contributed by atoms with E-state index in [-0.39, 0.29) is 0 Å². The molecule has 2 saturated heterocycles. The Bertz CT molecular complexity index is 290. The summed E-state index contributed by atoms with van der Waals surface area (Å²) in [5.41, 5.74) is 0. The maximum absolute atomic E-state index is 6.37. The largest absolute Gasteiger partial charge is 0.375 e. The van der Waals surface area contributed by atoms with E-state index in [0.717, 1.165) is 5.92 Å². The molecule has 1 saturated carbocycles. The van der Waals surface area contributed by atoms with Crippen molar-refractivity contribution in [1.82, 2.24) is 15.1 Å². The first-order chi connectivity index (χ1) is 10.3. The second kappa shape index (κ2) is 7.91. The van der Waals surface area contributed by atoms with Crippen LogP contribution >= 0.6 is 0 Å². The number of likely N-dealkylation sites (tertiary alicyclic amines) is 1. The van der Waals surface area contributed by atoms with Gasteiger partial charge in [0, 0.05) is 45.8 Å². The Morgan fingerprint density at radius 1 is 0.857 bits per heavy atom. The summed E-state index contributed by atoms with van der Waals surface area (Å²) in [6.07, 6.45) is 8.90. The molecule has 0 aromatic rings. The topological polar surface area (TPSA) is 27.7 Å². The van der Waals surface area contributed by atoms with Gasteiger partial charge in [-0.2, -0.15) is 0 Å². The van der Waals surface area contributed by atoms with Crippen LogP contribution < -0.4 is 5.32 Å². The monoisotopic (exact) mass is 295 g/mol. The third-order valence-electron chi connectivity index (χ3n) is 5.57. The SMILES string of the molecule is CN1CCC(OC2CCC(CN3CCNCC3)CC2)CC1. The summed E-state index contributed by atoms with van der Waals surface area (Å²) in [6, 6.07) is 0. The van der Waals surface area contributed by atoms with Crippen LogP contribution in [-0.4, -0.2) is 74.9 Å². The van der Waals surface area contributed by atoms with Crippen LogP contribution in [-0.2, 0) is 4.74 Å². The molecule has 3 fully saturated rings. The van der Waals surface area contributed by atoms with Gasteiger partial charge in [0.05, 0.1) is 12.2 Å². The van der Waals surface area contributed by atoms with Crippen molar-refractivity contribution >= 4 is 0 Å². The molecule has 0 bridgehead atoms. The number of nitrogens with one attached hydrogen (secondary N) is 1. The van der Waals surface area contributed by atoms with Gasteiger partial charge in [-0.05, 0) is 51.5 Å². The molecule has 4 nitrogen and oxygen atoms in total. The molecule has 4 heteroatoms. The number of piperazine rings is 1. The molecule has 3 rings (SSSR count). The van der Waals surface area contributed by atoms with Crippen LogP contribution in [0.5, 0.6) is 0 Å². The lowest BCUT2D eigenvalue weighted by atomic mass is 9.86. The summed E-state index contributed by atoms with van der Waals surface area (Å²) in [7, 11) is 2.22. The van der Waals surface area contributed by atoms with Crippen LogP contribution in [0.25, 0.3) is 0 Å². The second-order valence-electron chi connectivity index (χ2n) is 7.33. The summed E-state index contributed by atoms with van der Waals surface area (Å²) in [5, 5.41) is 3.44. The van der Waals surface area contributed by atoms with E-state index in [1.54, 1.807) is 0 Å². The highest BCUT2D eigenvalue weighted by molar-refractivity contribution is 4.79. The van der Waals surface area contributed by atoms with Crippen LogP contribution in [0.3, 0.4) is 0 Å². The molecule has 0 unspecified atom stereocenters. The van der Waals surface area contributed by atoms with Crippen molar-refractivity contribution in [3.8, 4) is 0 Å². The molecule has 2 aliphatic heterocycles. The molecule has 0 atom stereocenters. The van der Waals surface area contributed by atoms with Crippen molar-refractivity contribution in [2.45, 2.75) is 50.7 Å². The molecular weight excluding hydrogens is 262 g/mol. The quantitative estimate of drug-likeness (QED) is 0.852. The van der Waals surface area contributed by atoms with Gasteiger partial charge in [0.1, 0.15) is 0 Å². The summed E-state index contributed by atoms with van der Waals surface area (Å²) in [5.74, 6) is 0.917. The number of nitrogens with zero attached hydrogens (tertiary/aromatic N) is 2. The minimum atomic E-state index is 0.538. The summed E-state index contributed by atoms with van der Waals surface area (Å²) >= 11 is 0. The molecule has 0 aromatic heterocycles. The minimum absolute atomic E-state index is 0.538. The zero-order chi connectivity index (χ0) is 14.5. The fourth-order valence-electron chi connectivity index (χ4n) is 4.10. The van der Waals surface area contributed by atoms with Crippen molar-refractivity contribution in [1.29, 1.82) is 0 Å². The Balaban J connectivity index is 1.33. The lowest BCUT2D eigenvalue weighted by Gasteiger charge is -2.37. The van der Waals surface area contributed by atoms with E-state index in [2.05, 4.69) is 22.2 Å². The van der Waals surface area contributed by atoms with Gasteiger partial charge in [-0.1, -0.05) is 0 Å². The molecular formula is C17H33N3O. The highest BCUT2D eigenvalue weighted by atomic mass is 16.5. The van der Waals surface area contributed by atoms with E-state index >= 15 is 0 Å². The minimum Gasteiger partial charge on any atom is -0.375 e. The van der Waals surface area contributed by atoms with Crippen molar-refractivity contribution < 1.29 is 4.74 Å². The lowest BCUT2D eigenvalue weighted by molar-refractivity contribution is -0.0600. The van der Waals surface area contributed by atoms with E-state index in [4.69, 9.17) is 4.74 Å². The standard InChI is InChI=1S/C17H33N3O/c1-19-10-6-17(7-11-19)21-16-4-2-15(3-5-16)14-20-12-8-18-9-13-20/h15-18H,2-14H2,1H3. The van der Waals surface area contributed by atoms with Crippen molar-refractivity contribution in [3.63, 3.8) is 0 Å². The first-order valence-electron chi connectivity index (χ1n) is 9.06. The molecule has 0 radical (unpaired) electrons. The van der Waals surface area contributed by atoms with Gasteiger partial charge < -0.3 is 19.9 Å². The third-order valence-corrected chi connectivity index (χ3v) is 5.57. The van der Waals surface area contributed by atoms with Crippen LogP contribution in [0, 0.1) is 5.92 Å². The highest BCUT2D eigenvalue weighted by Gasteiger charge is 2.27. The van der Waals surface area contributed by atoms with E-state index in [0.29, 0.717) is 12.2 Å². The Labute approximate surface area is 130 Å². The Morgan fingerprint density at radius 2 is 1.48 bits per heavy atom.